The molecule has 3 aliphatic heterocycles. The third-order valence-corrected chi connectivity index (χ3v) is 6.54. The van der Waals surface area contributed by atoms with Crippen LogP contribution in [0.15, 0.2) is 42.5 Å². The van der Waals surface area contributed by atoms with Gasteiger partial charge in [-0.2, -0.15) is 0 Å². The molecule has 1 aliphatic carbocycles. The predicted molar refractivity (Wildman–Crippen MR) is 112 cm³/mol. The predicted octanol–water partition coefficient (Wildman–Crippen LogP) is 4.51. The number of ether oxygens (including phenoxy) is 1. The van der Waals surface area contributed by atoms with E-state index >= 15 is 0 Å². The van der Waals surface area contributed by atoms with Crippen LogP contribution < -0.4 is 10.1 Å². The zero-order valence-corrected chi connectivity index (χ0v) is 17.1. The lowest BCUT2D eigenvalue weighted by Crippen LogP contribution is -2.56. The molecule has 6 heteroatoms. The normalized spacial score (nSPS) is 29.9. The van der Waals surface area contributed by atoms with Gasteiger partial charge in [-0.1, -0.05) is 30.3 Å². The van der Waals surface area contributed by atoms with Gasteiger partial charge in [-0.25, -0.2) is 8.78 Å². The SMILES string of the molecule is Cl.Fc1cc(F)c(OCc2ccccc2)c([C@@H]2C[C@H]2NC2CN3CCC2CC3)c1. The lowest BCUT2D eigenvalue weighted by molar-refractivity contribution is 0.0716. The van der Waals surface area contributed by atoms with Gasteiger partial charge in [0.2, 0.25) is 0 Å². The second kappa shape index (κ2) is 8.58. The Labute approximate surface area is 176 Å². The van der Waals surface area contributed by atoms with Gasteiger partial charge in [0, 0.05) is 36.2 Å². The van der Waals surface area contributed by atoms with Crippen LogP contribution in [0.2, 0.25) is 0 Å². The second-order valence-corrected chi connectivity index (χ2v) is 8.44. The maximum atomic E-state index is 14.5. The van der Waals surface area contributed by atoms with E-state index in [1.54, 1.807) is 0 Å². The highest BCUT2D eigenvalue weighted by Gasteiger charge is 2.44. The number of halogens is 3. The molecule has 1 unspecified atom stereocenters. The van der Waals surface area contributed by atoms with Crippen molar-refractivity contribution in [2.75, 3.05) is 19.6 Å². The molecule has 0 amide bonds. The van der Waals surface area contributed by atoms with Crippen molar-refractivity contribution in [2.24, 2.45) is 5.92 Å². The summed E-state index contributed by atoms with van der Waals surface area (Å²) in [5, 5.41) is 3.77. The standard InChI is InChI=1S/C23H26F2N2O.ClH/c24-17-10-19(23(20(25)11-17)28-14-15-4-2-1-3-5-15)18-12-21(18)26-22-13-27-8-6-16(22)7-9-27;/h1-5,10-11,16,18,21-22,26H,6-9,12-14H2;1H/t18-,21+,22?;/m0./s1. The number of nitrogens with one attached hydrogen (secondary N) is 1. The monoisotopic (exact) mass is 420 g/mol. The van der Waals surface area contributed by atoms with E-state index < -0.39 is 11.6 Å². The molecule has 2 aromatic carbocycles. The summed E-state index contributed by atoms with van der Waals surface area (Å²) in [4.78, 5) is 2.52. The van der Waals surface area contributed by atoms with Gasteiger partial charge in [-0.3, -0.25) is 0 Å². The van der Waals surface area contributed by atoms with Gasteiger partial charge in [0.1, 0.15) is 12.4 Å². The Kier molecular flexibility index (Phi) is 6.09. The topological polar surface area (TPSA) is 24.5 Å². The molecule has 0 radical (unpaired) electrons. The van der Waals surface area contributed by atoms with Crippen LogP contribution in [0, 0.1) is 17.6 Å². The van der Waals surface area contributed by atoms with Crippen LogP contribution in [0.3, 0.4) is 0 Å². The van der Waals surface area contributed by atoms with Crippen molar-refractivity contribution in [3.63, 3.8) is 0 Å². The number of benzene rings is 2. The fourth-order valence-corrected chi connectivity index (χ4v) is 4.89. The molecule has 4 fully saturated rings. The summed E-state index contributed by atoms with van der Waals surface area (Å²) < 4.78 is 34.3. The van der Waals surface area contributed by atoms with Crippen LogP contribution in [-0.4, -0.2) is 36.6 Å². The van der Waals surface area contributed by atoms with Gasteiger partial charge < -0.3 is 15.0 Å². The minimum atomic E-state index is -0.612. The number of nitrogens with zero attached hydrogens (tertiary/aromatic N) is 1. The van der Waals surface area contributed by atoms with E-state index in [0.717, 1.165) is 30.5 Å². The highest BCUT2D eigenvalue weighted by atomic mass is 35.5. The maximum Gasteiger partial charge on any atom is 0.168 e. The Morgan fingerprint density at radius 2 is 1.79 bits per heavy atom. The van der Waals surface area contributed by atoms with Crippen molar-refractivity contribution in [3.05, 3.63) is 65.2 Å². The van der Waals surface area contributed by atoms with Crippen LogP contribution in [0.25, 0.3) is 0 Å². The molecule has 0 spiro atoms. The summed E-state index contributed by atoms with van der Waals surface area (Å²) >= 11 is 0. The second-order valence-electron chi connectivity index (χ2n) is 8.44. The van der Waals surface area contributed by atoms with E-state index in [-0.39, 0.29) is 36.7 Å². The average molecular weight is 421 g/mol. The summed E-state index contributed by atoms with van der Waals surface area (Å²) in [6.45, 7) is 3.80. The number of piperidine rings is 3. The Bertz CT molecular complexity index is 842. The smallest absolute Gasteiger partial charge is 0.168 e. The first kappa shape index (κ1) is 20.6. The third kappa shape index (κ3) is 4.42. The van der Waals surface area contributed by atoms with Crippen molar-refractivity contribution < 1.29 is 13.5 Å². The van der Waals surface area contributed by atoms with Crippen LogP contribution >= 0.6 is 12.4 Å². The Morgan fingerprint density at radius 3 is 2.48 bits per heavy atom. The van der Waals surface area contributed by atoms with E-state index in [1.165, 1.54) is 32.0 Å². The first-order valence-corrected chi connectivity index (χ1v) is 10.3. The highest BCUT2D eigenvalue weighted by Crippen LogP contribution is 2.47. The highest BCUT2D eigenvalue weighted by molar-refractivity contribution is 5.85. The van der Waals surface area contributed by atoms with Gasteiger partial charge in [0.05, 0.1) is 0 Å². The van der Waals surface area contributed by atoms with Gasteiger partial charge in [-0.05, 0) is 49.9 Å². The zero-order chi connectivity index (χ0) is 19.1. The largest absolute Gasteiger partial charge is 0.486 e. The van der Waals surface area contributed by atoms with Crippen molar-refractivity contribution in [3.8, 4) is 5.75 Å². The van der Waals surface area contributed by atoms with E-state index in [2.05, 4.69) is 10.2 Å². The quantitative estimate of drug-likeness (QED) is 0.744. The summed E-state index contributed by atoms with van der Waals surface area (Å²) in [7, 11) is 0. The first-order chi connectivity index (χ1) is 13.7. The Morgan fingerprint density at radius 1 is 1.03 bits per heavy atom. The Balaban J connectivity index is 0.00000205. The molecule has 156 valence electrons. The molecular weight excluding hydrogens is 394 g/mol. The maximum absolute atomic E-state index is 14.5. The molecule has 2 bridgehead atoms. The molecule has 2 aromatic rings. The molecule has 3 atom stereocenters. The number of fused-ring (bicyclic) bond motifs is 3. The van der Waals surface area contributed by atoms with Crippen molar-refractivity contribution in [1.29, 1.82) is 0 Å². The van der Waals surface area contributed by atoms with Gasteiger partial charge in [0.25, 0.3) is 0 Å². The summed E-state index contributed by atoms with van der Waals surface area (Å²) in [6.07, 6.45) is 3.43. The van der Waals surface area contributed by atoms with Crippen molar-refractivity contribution in [1.82, 2.24) is 10.2 Å². The lowest BCUT2D eigenvalue weighted by Gasteiger charge is -2.45. The molecule has 0 aromatic heterocycles. The molecule has 1 N–H and O–H groups in total. The van der Waals surface area contributed by atoms with E-state index in [0.29, 0.717) is 11.6 Å². The van der Waals surface area contributed by atoms with Crippen molar-refractivity contribution >= 4 is 12.4 Å². The first-order valence-electron chi connectivity index (χ1n) is 10.3. The molecule has 3 nitrogen and oxygen atoms in total. The minimum absolute atomic E-state index is 0. The van der Waals surface area contributed by atoms with E-state index in [4.69, 9.17) is 4.74 Å². The Hall–Kier alpha value is -1.69. The van der Waals surface area contributed by atoms with Crippen LogP contribution in [0.5, 0.6) is 5.75 Å². The van der Waals surface area contributed by atoms with Crippen molar-refractivity contribution in [2.45, 2.75) is 43.9 Å². The fourth-order valence-electron chi connectivity index (χ4n) is 4.89. The molecule has 29 heavy (non-hydrogen) atoms. The van der Waals surface area contributed by atoms with Gasteiger partial charge in [-0.15, -0.1) is 12.4 Å². The van der Waals surface area contributed by atoms with Gasteiger partial charge in [0.15, 0.2) is 11.6 Å². The van der Waals surface area contributed by atoms with E-state index in [9.17, 15) is 8.78 Å². The molecule has 4 aliphatic rings. The molecular formula is C23H27ClF2N2O. The lowest BCUT2D eigenvalue weighted by atomic mass is 9.84. The molecule has 3 heterocycles. The van der Waals surface area contributed by atoms with E-state index in [1.807, 2.05) is 30.3 Å². The number of hydrogen-bond donors (Lipinski definition) is 1. The van der Waals surface area contributed by atoms with Crippen LogP contribution in [0.4, 0.5) is 8.78 Å². The minimum Gasteiger partial charge on any atom is -0.486 e. The summed E-state index contributed by atoms with van der Waals surface area (Å²) in [5.41, 5.74) is 1.63. The molecule has 1 saturated carbocycles. The average Bonchev–Trinajstić information content (AvgIpc) is 3.47. The zero-order valence-electron chi connectivity index (χ0n) is 16.3. The fraction of sp³-hybridized carbons (Fsp3) is 0.478. The number of rotatable bonds is 6. The van der Waals surface area contributed by atoms with Crippen LogP contribution in [0.1, 0.15) is 36.3 Å². The summed E-state index contributed by atoms with van der Waals surface area (Å²) in [5.74, 6) is -0.0864. The third-order valence-electron chi connectivity index (χ3n) is 6.54. The number of hydrogen-bond acceptors (Lipinski definition) is 3. The van der Waals surface area contributed by atoms with Gasteiger partial charge >= 0.3 is 0 Å². The molecule has 3 saturated heterocycles. The molecule has 6 rings (SSSR count). The van der Waals surface area contributed by atoms with Crippen LogP contribution in [-0.2, 0) is 6.61 Å². The summed E-state index contributed by atoms with van der Waals surface area (Å²) in [6, 6.07) is 12.8.